The maximum atomic E-state index is 12.8. The Balaban J connectivity index is 1.19. The van der Waals surface area contributed by atoms with Crippen molar-refractivity contribution in [1.29, 1.82) is 0 Å². The van der Waals surface area contributed by atoms with Gasteiger partial charge in [0.05, 0.1) is 6.42 Å². The Labute approximate surface area is 232 Å². The van der Waals surface area contributed by atoms with E-state index in [-0.39, 0.29) is 29.3 Å². The van der Waals surface area contributed by atoms with Gasteiger partial charge in [0.25, 0.3) is 0 Å². The average molecular weight is 547 g/mol. The van der Waals surface area contributed by atoms with Crippen LogP contribution in [0.3, 0.4) is 0 Å². The summed E-state index contributed by atoms with van der Waals surface area (Å²) in [6.07, 6.45) is 10.7. The van der Waals surface area contributed by atoms with Gasteiger partial charge in [-0.2, -0.15) is 0 Å². The number of Topliss-reactive ketones (excluding diaryl/α,β-unsaturated/α-hetero) is 1. The number of benzene rings is 1. The van der Waals surface area contributed by atoms with E-state index >= 15 is 0 Å². The quantitative estimate of drug-likeness (QED) is 0.201. The van der Waals surface area contributed by atoms with E-state index < -0.39 is 0 Å². The molecule has 0 unspecified atom stereocenters. The minimum atomic E-state index is -0.146. The first-order valence-electron chi connectivity index (χ1n) is 14.2. The van der Waals surface area contributed by atoms with E-state index in [1.807, 2.05) is 24.3 Å². The molecule has 0 heterocycles. The van der Waals surface area contributed by atoms with Crippen LogP contribution in [-0.2, 0) is 20.7 Å². The monoisotopic (exact) mass is 545 g/mol. The summed E-state index contributed by atoms with van der Waals surface area (Å²) in [5.41, 5.74) is 3.63. The topological polar surface area (TPSA) is 46.6 Å². The Hall–Kier alpha value is -1.52. The highest BCUT2D eigenvalue weighted by Gasteiger charge is 2.58. The van der Waals surface area contributed by atoms with E-state index in [0.29, 0.717) is 35.3 Å². The molecule has 4 aliphatic rings. The van der Waals surface area contributed by atoms with Crippen molar-refractivity contribution in [2.75, 3.05) is 29.7 Å². The predicted molar refractivity (Wildman–Crippen MR) is 150 cm³/mol. The number of carbonyl (C=O) groups excluding carboxylic acids is 2. The molecule has 0 spiro atoms. The van der Waals surface area contributed by atoms with Crippen molar-refractivity contribution < 1.29 is 14.3 Å². The molecule has 0 aromatic heterocycles. The van der Waals surface area contributed by atoms with Gasteiger partial charge in [0.2, 0.25) is 0 Å². The van der Waals surface area contributed by atoms with Crippen LogP contribution < -0.4 is 4.90 Å². The Morgan fingerprint density at radius 1 is 1.00 bits per heavy atom. The molecule has 0 bridgehead atoms. The second-order valence-corrected chi connectivity index (χ2v) is 13.0. The number of hydrogen-bond acceptors (Lipinski definition) is 4. The number of allylic oxidation sites excluding steroid dienone is 1. The third kappa shape index (κ3) is 5.10. The molecular formula is C31H41Cl2NO3. The molecule has 1 aromatic carbocycles. The van der Waals surface area contributed by atoms with Gasteiger partial charge in [0, 0.05) is 48.8 Å². The molecule has 4 nitrogen and oxygen atoms in total. The van der Waals surface area contributed by atoms with Crippen molar-refractivity contribution in [3.63, 3.8) is 0 Å². The Bertz CT molecular complexity index is 1030. The number of halogens is 2. The lowest BCUT2D eigenvalue weighted by Crippen LogP contribution is -2.50. The fraction of sp³-hybridized carbons (Fsp3) is 0.677. The van der Waals surface area contributed by atoms with E-state index in [9.17, 15) is 9.59 Å². The molecule has 202 valence electrons. The maximum absolute atomic E-state index is 12.8. The van der Waals surface area contributed by atoms with Crippen LogP contribution in [0.25, 0.3) is 0 Å². The number of hydrogen-bond donors (Lipinski definition) is 0. The first-order chi connectivity index (χ1) is 17.8. The molecule has 0 aliphatic heterocycles. The van der Waals surface area contributed by atoms with E-state index in [1.165, 1.54) is 5.57 Å². The van der Waals surface area contributed by atoms with Gasteiger partial charge in [-0.05, 0) is 79.4 Å². The largest absolute Gasteiger partial charge is 0.462 e. The highest BCUT2D eigenvalue weighted by atomic mass is 35.5. The molecule has 0 radical (unpaired) electrons. The number of carbonyl (C=O) groups is 2. The summed E-state index contributed by atoms with van der Waals surface area (Å²) in [4.78, 5) is 27.7. The zero-order valence-corrected chi connectivity index (χ0v) is 23.8. The van der Waals surface area contributed by atoms with E-state index in [1.54, 1.807) is 0 Å². The minimum Gasteiger partial charge on any atom is -0.462 e. The minimum absolute atomic E-state index is 0.0347. The number of alkyl halides is 2. The Kier molecular flexibility index (Phi) is 7.99. The molecular weight excluding hydrogens is 505 g/mol. The van der Waals surface area contributed by atoms with Crippen LogP contribution in [-0.4, -0.2) is 42.7 Å². The predicted octanol–water partition coefficient (Wildman–Crippen LogP) is 6.96. The van der Waals surface area contributed by atoms with Crippen molar-refractivity contribution >= 4 is 40.6 Å². The van der Waals surface area contributed by atoms with E-state index in [2.05, 4.69) is 24.8 Å². The lowest BCUT2D eigenvalue weighted by molar-refractivity contribution is -0.150. The third-order valence-electron chi connectivity index (χ3n) is 10.4. The highest BCUT2D eigenvalue weighted by molar-refractivity contribution is 6.18. The summed E-state index contributed by atoms with van der Waals surface area (Å²) >= 11 is 11.9. The van der Waals surface area contributed by atoms with Gasteiger partial charge in [-0.1, -0.05) is 37.6 Å². The Morgan fingerprint density at radius 2 is 1.68 bits per heavy atom. The molecule has 0 N–H and O–H groups in total. The summed E-state index contributed by atoms with van der Waals surface area (Å²) in [7, 11) is 0. The maximum Gasteiger partial charge on any atom is 0.310 e. The number of rotatable bonds is 8. The molecule has 3 saturated carbocycles. The van der Waals surface area contributed by atoms with Gasteiger partial charge in [-0.3, -0.25) is 9.59 Å². The molecule has 1 aromatic rings. The smallest absolute Gasteiger partial charge is 0.310 e. The summed E-state index contributed by atoms with van der Waals surface area (Å²) in [5.74, 6) is 3.28. The third-order valence-corrected chi connectivity index (χ3v) is 10.8. The summed E-state index contributed by atoms with van der Waals surface area (Å²) in [6, 6.07) is 8.06. The van der Waals surface area contributed by atoms with Crippen LogP contribution in [0, 0.1) is 28.6 Å². The van der Waals surface area contributed by atoms with E-state index in [4.69, 9.17) is 27.9 Å². The second kappa shape index (κ2) is 10.9. The fourth-order valence-corrected chi connectivity index (χ4v) is 8.70. The van der Waals surface area contributed by atoms with Crippen molar-refractivity contribution in [2.24, 2.45) is 28.6 Å². The van der Waals surface area contributed by atoms with Crippen LogP contribution in [0.15, 0.2) is 35.9 Å². The standard InChI is InChI=1S/C31H41Cl2NO3/c1-30-13-11-24(37-29(36)19-21-3-6-23(7-4-21)34(17-15-32)18-16-33)20-22(30)5-8-25-26-9-10-28(35)31(26,2)14-12-27(25)30/h3-7,24-27H,8-20H2,1-2H3/t24-,25+,26+,27+,30+,31+/m1/s1. The first kappa shape index (κ1) is 27.1. The van der Waals surface area contributed by atoms with Crippen LogP contribution in [0.2, 0.25) is 0 Å². The molecule has 3 fully saturated rings. The zero-order valence-electron chi connectivity index (χ0n) is 22.3. The number of ketones is 1. The van der Waals surface area contributed by atoms with Crippen molar-refractivity contribution in [1.82, 2.24) is 0 Å². The summed E-state index contributed by atoms with van der Waals surface area (Å²) < 4.78 is 6.01. The normalized spacial score (nSPS) is 34.7. The summed E-state index contributed by atoms with van der Waals surface area (Å²) in [5, 5.41) is 0. The fourth-order valence-electron chi connectivity index (χ4n) is 8.29. The van der Waals surface area contributed by atoms with Crippen molar-refractivity contribution in [3.8, 4) is 0 Å². The molecule has 4 aliphatic carbocycles. The van der Waals surface area contributed by atoms with Crippen LogP contribution >= 0.6 is 23.2 Å². The van der Waals surface area contributed by atoms with Gasteiger partial charge in [0.1, 0.15) is 11.9 Å². The van der Waals surface area contributed by atoms with Crippen LogP contribution in [0.4, 0.5) is 5.69 Å². The molecule has 6 heteroatoms. The SMILES string of the molecule is C[C@]12CC[C@@H](OC(=O)Cc3ccc(N(CCCl)CCCl)cc3)CC1=CC[C@@H]1[C@@H]2CC[C@]2(C)C(=O)CC[C@@H]12. The molecule has 0 saturated heterocycles. The van der Waals surface area contributed by atoms with Crippen molar-refractivity contribution in [2.45, 2.75) is 77.7 Å². The number of fused-ring (bicyclic) bond motifs is 5. The second-order valence-electron chi connectivity index (χ2n) is 12.2. The lowest BCUT2D eigenvalue weighted by Gasteiger charge is -2.56. The highest BCUT2D eigenvalue weighted by Crippen LogP contribution is 2.64. The summed E-state index contributed by atoms with van der Waals surface area (Å²) in [6.45, 7) is 6.18. The molecule has 5 rings (SSSR count). The van der Waals surface area contributed by atoms with Crippen molar-refractivity contribution in [3.05, 3.63) is 41.5 Å². The van der Waals surface area contributed by atoms with Gasteiger partial charge >= 0.3 is 5.97 Å². The van der Waals surface area contributed by atoms with Gasteiger partial charge in [0.15, 0.2) is 0 Å². The van der Waals surface area contributed by atoms with E-state index in [0.717, 1.165) is 75.7 Å². The number of anilines is 1. The zero-order chi connectivity index (χ0) is 26.2. The molecule has 37 heavy (non-hydrogen) atoms. The van der Waals surface area contributed by atoms with Gasteiger partial charge in [-0.15, -0.1) is 23.2 Å². The van der Waals surface area contributed by atoms with Gasteiger partial charge < -0.3 is 9.64 Å². The molecule has 0 amide bonds. The lowest BCUT2D eigenvalue weighted by atomic mass is 9.48. The average Bonchev–Trinajstić information content (AvgIpc) is 3.19. The van der Waals surface area contributed by atoms with Crippen LogP contribution in [0.5, 0.6) is 0 Å². The Morgan fingerprint density at radius 3 is 2.38 bits per heavy atom. The number of esters is 1. The molecule has 6 atom stereocenters. The number of ether oxygens (including phenoxy) is 1. The van der Waals surface area contributed by atoms with Gasteiger partial charge in [-0.25, -0.2) is 0 Å². The first-order valence-corrected chi connectivity index (χ1v) is 15.2. The number of nitrogens with zero attached hydrogens (tertiary/aromatic N) is 1. The van der Waals surface area contributed by atoms with Crippen LogP contribution in [0.1, 0.15) is 70.8 Å².